The molecule has 0 aromatic rings. The van der Waals surface area contributed by atoms with Crippen LogP contribution in [0.1, 0.15) is 39.5 Å². The summed E-state index contributed by atoms with van der Waals surface area (Å²) in [4.78, 5) is 0. The number of thiocarbonyl (C=S) groups is 2. The molecule has 9 heteroatoms. The van der Waals surface area contributed by atoms with E-state index in [0.717, 1.165) is 25.7 Å². The molecule has 0 aromatic carbocycles. The molecule has 0 radical (unpaired) electrons. The Morgan fingerprint density at radius 2 is 1.24 bits per heavy atom. The molecule has 0 amide bonds. The van der Waals surface area contributed by atoms with Crippen LogP contribution in [0.2, 0.25) is 0 Å². The van der Waals surface area contributed by atoms with Gasteiger partial charge in [-0.1, -0.05) is 74.6 Å². The molecular weight excluding hydrogens is 387 g/mol. The second-order valence-electron chi connectivity index (χ2n) is 3.41. The van der Waals surface area contributed by atoms with Crippen LogP contribution < -0.4 is 10.9 Å². The van der Waals surface area contributed by atoms with Crippen molar-refractivity contribution in [3.05, 3.63) is 0 Å². The zero-order valence-corrected chi connectivity index (χ0v) is 17.1. The van der Waals surface area contributed by atoms with Gasteiger partial charge in [0.1, 0.15) is 0 Å². The van der Waals surface area contributed by atoms with Gasteiger partial charge >= 0.3 is 0 Å². The normalized spacial score (nSPS) is 9.71. The molecule has 0 fully saturated rings. The van der Waals surface area contributed by atoms with Crippen molar-refractivity contribution >= 4 is 69.0 Å². The quantitative estimate of drug-likeness (QED) is 0.298. The van der Waals surface area contributed by atoms with Gasteiger partial charge < -0.3 is 0 Å². The van der Waals surface area contributed by atoms with Crippen LogP contribution in [0.5, 0.6) is 0 Å². The third-order valence-corrected chi connectivity index (χ3v) is 3.81. The van der Waals surface area contributed by atoms with Gasteiger partial charge in [-0.2, -0.15) is 10.2 Å². The van der Waals surface area contributed by atoms with Crippen molar-refractivity contribution < 1.29 is 16.5 Å². The second kappa shape index (κ2) is 22.6. The number of nitrogens with zero attached hydrogens (tertiary/aromatic N) is 2. The average Bonchev–Trinajstić information content (AvgIpc) is 2.48. The number of hydrazone groups is 2. The Kier molecular flexibility index (Phi) is 28.2. The largest absolute Gasteiger partial charge is 0.263 e. The summed E-state index contributed by atoms with van der Waals surface area (Å²) in [6, 6.07) is 0. The maximum Gasteiger partial charge on any atom is 0.153 e. The molecule has 0 bridgehead atoms. The number of rotatable bonds is 6. The van der Waals surface area contributed by atoms with E-state index in [1.807, 2.05) is 24.9 Å². The van der Waals surface area contributed by atoms with E-state index in [-0.39, 0.29) is 16.5 Å². The third-order valence-electron chi connectivity index (χ3n) is 1.70. The Bertz CT molecular complexity index is 282. The number of nitrogens with one attached hydrogen (secondary N) is 2. The molecule has 0 aliphatic heterocycles. The molecule has 0 rings (SSSR count). The Morgan fingerprint density at radius 3 is 1.48 bits per heavy atom. The fourth-order valence-corrected chi connectivity index (χ4v) is 1.07. The van der Waals surface area contributed by atoms with Crippen LogP contribution in [-0.2, 0) is 16.5 Å². The number of hydrogen-bond acceptors (Lipinski definition) is 6. The fourth-order valence-electron chi connectivity index (χ4n) is 0.675. The van der Waals surface area contributed by atoms with E-state index in [9.17, 15) is 0 Å². The van der Waals surface area contributed by atoms with Gasteiger partial charge in [-0.25, -0.2) is 0 Å². The summed E-state index contributed by atoms with van der Waals surface area (Å²) in [5.41, 5.74) is 5.46. The minimum Gasteiger partial charge on any atom is -0.263 e. The summed E-state index contributed by atoms with van der Waals surface area (Å²) in [5, 5.41) is 7.79. The molecule has 0 saturated heterocycles. The minimum atomic E-state index is 0. The van der Waals surface area contributed by atoms with Gasteiger partial charge in [0, 0.05) is 28.9 Å². The molecule has 126 valence electrons. The zero-order valence-electron chi connectivity index (χ0n) is 12.8. The maximum absolute atomic E-state index is 4.84. The summed E-state index contributed by atoms with van der Waals surface area (Å²) in [6.45, 7) is 4.22. The maximum atomic E-state index is 4.84. The van der Waals surface area contributed by atoms with Crippen LogP contribution in [0.25, 0.3) is 0 Å². The van der Waals surface area contributed by atoms with Crippen LogP contribution in [-0.4, -0.2) is 33.6 Å². The summed E-state index contributed by atoms with van der Waals surface area (Å²) >= 11 is 12.7. The van der Waals surface area contributed by atoms with Crippen LogP contribution >= 0.6 is 48.0 Å². The Morgan fingerprint density at radius 1 is 0.905 bits per heavy atom. The second-order valence-corrected chi connectivity index (χ2v) is 6.37. The van der Waals surface area contributed by atoms with Gasteiger partial charge in [-0.05, 0) is 25.4 Å². The van der Waals surface area contributed by atoms with Gasteiger partial charge in [-0.15, -0.1) is 0 Å². The van der Waals surface area contributed by atoms with Crippen molar-refractivity contribution in [2.75, 3.05) is 12.5 Å². The third kappa shape index (κ3) is 25.6. The number of thioether (sulfide) groups is 2. The molecule has 0 aliphatic rings. The minimum absolute atomic E-state index is 0. The van der Waals surface area contributed by atoms with E-state index < -0.39 is 0 Å². The topological polar surface area (TPSA) is 48.8 Å². The molecule has 0 aromatic heterocycles. The van der Waals surface area contributed by atoms with Gasteiger partial charge in [0.2, 0.25) is 0 Å². The first-order valence-electron chi connectivity index (χ1n) is 6.33. The summed E-state index contributed by atoms with van der Waals surface area (Å²) in [7, 11) is 0. The van der Waals surface area contributed by atoms with Crippen molar-refractivity contribution in [3.63, 3.8) is 0 Å². The van der Waals surface area contributed by atoms with E-state index in [1.54, 1.807) is 0 Å². The smallest absolute Gasteiger partial charge is 0.153 e. The number of hydrogen-bond donors (Lipinski definition) is 2. The predicted octanol–water partition coefficient (Wildman–Crippen LogP) is 4.02. The summed E-state index contributed by atoms with van der Waals surface area (Å²) < 4.78 is 1.43. The van der Waals surface area contributed by atoms with Crippen molar-refractivity contribution in [1.82, 2.24) is 10.9 Å². The number of unbranched alkanes of at least 4 members (excludes halogenated alkanes) is 2. The van der Waals surface area contributed by atoms with E-state index in [4.69, 9.17) is 24.4 Å². The Balaban J connectivity index is -0.000000295. The van der Waals surface area contributed by atoms with Crippen molar-refractivity contribution in [1.29, 1.82) is 0 Å². The average molecular weight is 411 g/mol. The molecule has 4 nitrogen and oxygen atoms in total. The van der Waals surface area contributed by atoms with Crippen molar-refractivity contribution in [2.45, 2.75) is 39.5 Å². The van der Waals surface area contributed by atoms with Crippen molar-refractivity contribution in [3.8, 4) is 0 Å². The monoisotopic (exact) mass is 410 g/mol. The van der Waals surface area contributed by atoms with Crippen LogP contribution in [0.15, 0.2) is 10.2 Å². The summed E-state index contributed by atoms with van der Waals surface area (Å²) in [6.07, 6.45) is 11.8. The van der Waals surface area contributed by atoms with Crippen LogP contribution in [0.3, 0.4) is 0 Å². The first-order valence-corrected chi connectivity index (χ1v) is 9.59. The van der Waals surface area contributed by atoms with E-state index >= 15 is 0 Å². The molecule has 0 heterocycles. The van der Waals surface area contributed by atoms with Crippen molar-refractivity contribution in [2.24, 2.45) is 10.2 Å². The molecule has 0 unspecified atom stereocenters. The van der Waals surface area contributed by atoms with Crippen LogP contribution in [0.4, 0.5) is 0 Å². The first-order chi connectivity index (χ1) is 9.62. The molecule has 21 heavy (non-hydrogen) atoms. The standard InChI is InChI=1S/2C6H12N2S2.Ni/c2*1-3-4-5-7-8-6(9)10-2;/h2*5H,3-4H2,1-2H3,(H,8,9);. The zero-order chi connectivity index (χ0) is 15.6. The Hall–Kier alpha value is 0.314. The molecule has 2 N–H and O–H groups in total. The van der Waals surface area contributed by atoms with Gasteiger partial charge in [0.15, 0.2) is 8.64 Å². The molecule has 0 spiro atoms. The van der Waals surface area contributed by atoms with Gasteiger partial charge in [-0.3, -0.25) is 10.9 Å². The molecule has 0 atom stereocenters. The predicted molar refractivity (Wildman–Crippen MR) is 105 cm³/mol. The molecule has 0 saturated carbocycles. The SMILES string of the molecule is CCCC=NNC(=S)SC.CCCC=NNC(=S)SC.[Ni]. The van der Waals surface area contributed by atoms with Crippen LogP contribution in [0, 0.1) is 0 Å². The summed E-state index contributed by atoms with van der Waals surface area (Å²) in [5.74, 6) is 0. The van der Waals surface area contributed by atoms with E-state index in [1.165, 1.54) is 23.5 Å². The molecular formula is C12H24N4NiS4. The van der Waals surface area contributed by atoms with Gasteiger partial charge in [0.05, 0.1) is 0 Å². The fraction of sp³-hybridized carbons (Fsp3) is 0.667. The molecule has 0 aliphatic carbocycles. The Labute approximate surface area is 158 Å². The van der Waals surface area contributed by atoms with Gasteiger partial charge in [0.25, 0.3) is 0 Å². The van der Waals surface area contributed by atoms with E-state index in [2.05, 4.69) is 34.9 Å². The van der Waals surface area contributed by atoms with E-state index in [0.29, 0.717) is 8.64 Å². The first kappa shape index (κ1) is 26.2.